The van der Waals surface area contributed by atoms with Crippen LogP contribution in [0.4, 0.5) is 5.95 Å². The first-order chi connectivity index (χ1) is 16.7. The summed E-state index contributed by atoms with van der Waals surface area (Å²) in [6.45, 7) is 1.97. The molecule has 3 aliphatic rings. The van der Waals surface area contributed by atoms with E-state index in [1.807, 2.05) is 63.1 Å². The normalized spacial score (nSPS) is 17.9. The van der Waals surface area contributed by atoms with Gasteiger partial charge in [0.05, 0.1) is 32.7 Å². The van der Waals surface area contributed by atoms with Gasteiger partial charge in [-0.3, -0.25) is 0 Å². The van der Waals surface area contributed by atoms with Gasteiger partial charge in [-0.05, 0) is 95.2 Å². The molecule has 1 aromatic carbocycles. The molecule has 0 spiro atoms. The summed E-state index contributed by atoms with van der Waals surface area (Å²) in [5, 5.41) is 0. The van der Waals surface area contributed by atoms with Gasteiger partial charge >= 0.3 is 17.1 Å². The summed E-state index contributed by atoms with van der Waals surface area (Å²) in [7, 11) is 4.85. The van der Waals surface area contributed by atoms with Crippen molar-refractivity contribution in [2.24, 2.45) is 0 Å². The Balaban J connectivity index is 0.000000509. The Kier molecular flexibility index (Phi) is 11.0. The zero-order valence-corrected chi connectivity index (χ0v) is 21.5. The molecule has 1 aromatic heterocycles. The van der Waals surface area contributed by atoms with Crippen LogP contribution in [0.15, 0.2) is 18.2 Å². The molecule has 2 aliphatic carbocycles. The Morgan fingerprint density at radius 1 is 0.657 bits per heavy atom. The second-order valence-electron chi connectivity index (χ2n) is 8.04. The van der Waals surface area contributed by atoms with Crippen molar-refractivity contribution in [2.75, 3.05) is 39.3 Å². The Morgan fingerprint density at radius 3 is 1.71 bits per heavy atom. The van der Waals surface area contributed by atoms with Crippen LogP contribution >= 0.6 is 0 Å². The van der Waals surface area contributed by atoms with Crippen LogP contribution in [0.2, 0.25) is 0 Å². The van der Waals surface area contributed by atoms with Crippen molar-refractivity contribution in [2.45, 2.75) is 19.3 Å². The van der Waals surface area contributed by atoms with Crippen LogP contribution in [-0.2, 0) is 17.1 Å². The van der Waals surface area contributed by atoms with E-state index in [2.05, 4.69) is 17.7 Å². The second kappa shape index (κ2) is 13.9. The van der Waals surface area contributed by atoms with E-state index in [-0.39, 0.29) is 17.1 Å². The second-order valence-corrected chi connectivity index (χ2v) is 8.04. The molecular weight excluding hydrogens is 482 g/mol. The molecule has 0 amide bonds. The largest absolute Gasteiger partial charge is 2.00 e. The van der Waals surface area contributed by atoms with E-state index in [1.165, 1.54) is 19.3 Å². The molecule has 2 saturated carbocycles. The summed E-state index contributed by atoms with van der Waals surface area (Å²) in [6.07, 6.45) is 21.8. The topological polar surface area (TPSA) is 56.7 Å². The van der Waals surface area contributed by atoms with E-state index in [1.54, 1.807) is 21.3 Å². The number of nitrogens with zero attached hydrogens (tertiary/aromatic N) is 3. The van der Waals surface area contributed by atoms with E-state index in [9.17, 15) is 0 Å². The summed E-state index contributed by atoms with van der Waals surface area (Å²) in [5.41, 5.74) is 2.64. The predicted octanol–water partition coefficient (Wildman–Crippen LogP) is 4.93. The third-order valence-electron chi connectivity index (χ3n) is 5.83. The molecule has 7 heteroatoms. The van der Waals surface area contributed by atoms with Crippen molar-refractivity contribution < 1.29 is 31.3 Å². The van der Waals surface area contributed by atoms with Gasteiger partial charge < -0.3 is 19.1 Å². The Labute approximate surface area is 221 Å². The van der Waals surface area contributed by atoms with Crippen molar-refractivity contribution in [3.05, 3.63) is 87.6 Å². The molecule has 0 N–H and O–H groups in total. The summed E-state index contributed by atoms with van der Waals surface area (Å²) in [4.78, 5) is 12.1. The van der Waals surface area contributed by atoms with Crippen LogP contribution in [0.3, 0.4) is 0 Å². The monoisotopic (exact) mass is 513 g/mol. The number of hydrogen-bond donors (Lipinski definition) is 0. The molecule has 182 valence electrons. The zero-order chi connectivity index (χ0) is 23.8. The Hall–Kier alpha value is -1.98. The van der Waals surface area contributed by atoms with Gasteiger partial charge in [-0.2, -0.15) is 0 Å². The fourth-order valence-electron chi connectivity index (χ4n) is 4.06. The molecule has 2 heterocycles. The first kappa shape index (κ1) is 27.6. The first-order valence-corrected chi connectivity index (χ1v) is 11.6. The van der Waals surface area contributed by atoms with Crippen LogP contribution in [0.5, 0.6) is 17.2 Å². The van der Waals surface area contributed by atoms with Crippen molar-refractivity contribution in [3.63, 3.8) is 0 Å². The van der Waals surface area contributed by atoms with E-state index in [0.717, 1.165) is 41.9 Å². The first-order valence-electron chi connectivity index (χ1n) is 11.6. The summed E-state index contributed by atoms with van der Waals surface area (Å²) < 4.78 is 16.5. The van der Waals surface area contributed by atoms with Crippen LogP contribution in [0.25, 0.3) is 11.3 Å². The average Bonchev–Trinajstić information content (AvgIpc) is 3.65. The van der Waals surface area contributed by atoms with Crippen molar-refractivity contribution in [3.8, 4) is 28.5 Å². The molecule has 1 aliphatic heterocycles. The van der Waals surface area contributed by atoms with Gasteiger partial charge in [-0.1, -0.05) is 0 Å². The molecule has 3 fully saturated rings. The molecular formula is C28H31FeN3O3+2. The van der Waals surface area contributed by atoms with Crippen molar-refractivity contribution >= 4 is 5.95 Å². The maximum absolute atomic E-state index is 5.53. The predicted molar refractivity (Wildman–Crippen MR) is 134 cm³/mol. The third-order valence-corrected chi connectivity index (χ3v) is 5.83. The van der Waals surface area contributed by atoms with Gasteiger partial charge in [0, 0.05) is 24.6 Å². The van der Waals surface area contributed by atoms with Gasteiger partial charge in [0.25, 0.3) is 0 Å². The number of aromatic nitrogens is 2. The number of piperidine rings is 1. The summed E-state index contributed by atoms with van der Waals surface area (Å²) >= 11 is 0. The van der Waals surface area contributed by atoms with Crippen LogP contribution in [-0.4, -0.2) is 44.4 Å². The van der Waals surface area contributed by atoms with Gasteiger partial charge in [-0.15, -0.1) is 0 Å². The number of hydrogen-bond acceptors (Lipinski definition) is 6. The standard InChI is InChI=1S/C23H26N3O3.C5H5.Fe/c1-27-20-13-17(14-21(28-2)22(20)29-3)19-15-18(16-9-5-6-10-16)24-23(25-19)26-11-7-4-8-12-26;1-2-4-5-3-1;/h5-6,9-10,13-15H,4,7-8,11-12H2,1-3H3;1-5H;/q;;+2. The minimum Gasteiger partial charge on any atom is -0.493 e. The van der Waals surface area contributed by atoms with Gasteiger partial charge in [0.1, 0.15) is 0 Å². The molecule has 2 aromatic rings. The van der Waals surface area contributed by atoms with Crippen LogP contribution in [0.1, 0.15) is 25.0 Å². The molecule has 35 heavy (non-hydrogen) atoms. The molecule has 10 radical (unpaired) electrons. The fourth-order valence-corrected chi connectivity index (χ4v) is 4.06. The Morgan fingerprint density at radius 2 is 1.20 bits per heavy atom. The van der Waals surface area contributed by atoms with Gasteiger partial charge in [0.2, 0.25) is 11.7 Å². The van der Waals surface area contributed by atoms with E-state index < -0.39 is 0 Å². The van der Waals surface area contributed by atoms with E-state index in [0.29, 0.717) is 17.2 Å². The minimum atomic E-state index is 0. The fraction of sp³-hybridized carbons (Fsp3) is 0.286. The average molecular weight is 513 g/mol. The molecule has 0 bridgehead atoms. The maximum Gasteiger partial charge on any atom is 2.00 e. The SMILES string of the molecule is COc1cc(-c2cc([C]3[CH][CH][CH][CH]3)nc(N3CCCCC3)n2)cc(OC)c1OC.[CH]1[CH][CH][CH][CH]1.[Fe+2]. The van der Waals surface area contributed by atoms with Gasteiger partial charge in [0.15, 0.2) is 11.5 Å². The summed E-state index contributed by atoms with van der Waals surface area (Å²) in [6, 6.07) is 5.88. The van der Waals surface area contributed by atoms with Crippen LogP contribution < -0.4 is 19.1 Å². The molecule has 6 nitrogen and oxygen atoms in total. The van der Waals surface area contributed by atoms with Gasteiger partial charge in [-0.25, -0.2) is 9.97 Å². The molecule has 5 rings (SSSR count). The van der Waals surface area contributed by atoms with Crippen LogP contribution in [0, 0.1) is 63.7 Å². The van der Waals surface area contributed by atoms with E-state index in [4.69, 9.17) is 24.2 Å². The zero-order valence-electron chi connectivity index (χ0n) is 20.4. The quantitative estimate of drug-likeness (QED) is 0.511. The molecule has 0 unspecified atom stereocenters. The number of benzene rings is 1. The number of methoxy groups -OCH3 is 3. The smallest absolute Gasteiger partial charge is 0.493 e. The van der Waals surface area contributed by atoms with Crippen molar-refractivity contribution in [1.82, 2.24) is 9.97 Å². The maximum atomic E-state index is 5.53. The number of rotatable bonds is 6. The Bertz CT molecular complexity index is 891. The van der Waals surface area contributed by atoms with Crippen molar-refractivity contribution in [1.29, 1.82) is 0 Å². The number of ether oxygens (including phenoxy) is 3. The third kappa shape index (κ3) is 7.04. The summed E-state index contributed by atoms with van der Waals surface area (Å²) in [5.74, 6) is 3.64. The number of anilines is 1. The van der Waals surface area contributed by atoms with E-state index >= 15 is 0 Å². The minimum absolute atomic E-state index is 0. The molecule has 0 atom stereocenters. The molecule has 1 saturated heterocycles.